The van der Waals surface area contributed by atoms with Crippen LogP contribution in [0, 0.1) is 0 Å². The molecule has 0 saturated carbocycles. The summed E-state index contributed by atoms with van der Waals surface area (Å²) in [5.41, 5.74) is 2.44. The maximum absolute atomic E-state index is 3.83. The van der Waals surface area contributed by atoms with E-state index in [1.807, 2.05) is 0 Å². The lowest BCUT2D eigenvalue weighted by Crippen LogP contribution is -2.48. The van der Waals surface area contributed by atoms with Crippen LogP contribution < -0.4 is 4.98 Å². The first-order chi connectivity index (χ1) is 6.89. The van der Waals surface area contributed by atoms with E-state index < -0.39 is 16.3 Å². The zero-order valence-electron chi connectivity index (χ0n) is 11.5. The Morgan fingerprint density at radius 1 is 0.933 bits per heavy atom. The summed E-state index contributed by atoms with van der Waals surface area (Å²) in [6, 6.07) is 4.09. The molecule has 1 nitrogen and oxygen atoms in total. The lowest BCUT2D eigenvalue weighted by Gasteiger charge is -2.28. The summed E-state index contributed by atoms with van der Waals surface area (Å²) in [6.45, 7) is 15.3. The first-order valence-electron chi connectivity index (χ1n) is 6.32. The second-order valence-corrected chi connectivity index (χ2v) is 15.6. The van der Waals surface area contributed by atoms with Gasteiger partial charge in [-0.3, -0.25) is 0 Å². The smallest absolute Gasteiger partial charge is 0.125 e. The monoisotopic (exact) mass is 243 g/mol. The van der Waals surface area contributed by atoms with Crippen molar-refractivity contribution in [1.82, 2.24) is 4.98 Å². The van der Waals surface area contributed by atoms with Crippen LogP contribution in [0.4, 0.5) is 0 Å². The van der Waals surface area contributed by atoms with Crippen LogP contribution in [0.1, 0.15) is 20.8 Å². The molecule has 0 aliphatic rings. The van der Waals surface area contributed by atoms with E-state index in [0.717, 1.165) is 6.54 Å². The van der Waals surface area contributed by atoms with Gasteiger partial charge in [0.25, 0.3) is 0 Å². The third kappa shape index (κ3) is 6.33. The van der Waals surface area contributed by atoms with Crippen LogP contribution in [0.25, 0.3) is 0 Å². The first kappa shape index (κ1) is 15.1. The molecule has 0 saturated heterocycles. The maximum Gasteiger partial charge on any atom is 0.125 e. The topological polar surface area (TPSA) is 12.0 Å². The van der Waals surface area contributed by atoms with Crippen LogP contribution >= 0.6 is 0 Å². The normalized spacial score (nSPS) is 13.7. The molecule has 15 heavy (non-hydrogen) atoms. The summed E-state index contributed by atoms with van der Waals surface area (Å²) in [5, 5.41) is 0. The molecule has 0 aromatic rings. The average Bonchev–Trinajstić information content (AvgIpc) is 2.18. The van der Waals surface area contributed by atoms with E-state index in [9.17, 15) is 0 Å². The Morgan fingerprint density at radius 2 is 1.40 bits per heavy atom. The van der Waals surface area contributed by atoms with Gasteiger partial charge in [0.15, 0.2) is 0 Å². The van der Waals surface area contributed by atoms with Gasteiger partial charge in [-0.2, -0.15) is 0 Å². The summed E-state index contributed by atoms with van der Waals surface area (Å²) >= 11 is 0. The predicted molar refractivity (Wildman–Crippen MR) is 77.7 cm³/mol. The standard InChI is InChI=1S/C12H29NSi2/c1-7-15(8-2,9-3)13-11-10-12-14(4,5)6/h10,12-13H,7-9,11H2,1-6H3. The molecule has 0 rings (SSSR count). The van der Waals surface area contributed by atoms with Crippen molar-refractivity contribution >= 4 is 16.3 Å². The van der Waals surface area contributed by atoms with Crippen LogP contribution in [0.3, 0.4) is 0 Å². The molecule has 0 radical (unpaired) electrons. The van der Waals surface area contributed by atoms with Crippen molar-refractivity contribution in [3.8, 4) is 0 Å². The lowest BCUT2D eigenvalue weighted by molar-refractivity contribution is 0.956. The zero-order chi connectivity index (χ0) is 11.9. The number of nitrogens with one attached hydrogen (secondary N) is 1. The van der Waals surface area contributed by atoms with Crippen LogP contribution in [-0.2, 0) is 0 Å². The molecule has 0 spiro atoms. The van der Waals surface area contributed by atoms with E-state index in [-0.39, 0.29) is 0 Å². The fraction of sp³-hybridized carbons (Fsp3) is 0.833. The van der Waals surface area contributed by atoms with Gasteiger partial charge in [-0.05, 0) is 18.1 Å². The Bertz CT molecular complexity index is 182. The van der Waals surface area contributed by atoms with Gasteiger partial charge in [-0.15, -0.1) is 0 Å². The minimum Gasteiger partial charge on any atom is -0.334 e. The van der Waals surface area contributed by atoms with Crippen LogP contribution in [0.2, 0.25) is 37.8 Å². The molecule has 0 aromatic heterocycles. The van der Waals surface area contributed by atoms with Gasteiger partial charge in [0.05, 0.1) is 8.07 Å². The van der Waals surface area contributed by atoms with Gasteiger partial charge in [0.1, 0.15) is 8.24 Å². The van der Waals surface area contributed by atoms with Crippen molar-refractivity contribution in [3.05, 3.63) is 11.8 Å². The second kappa shape index (κ2) is 6.66. The molecular formula is C12H29NSi2. The zero-order valence-corrected chi connectivity index (χ0v) is 13.5. The maximum atomic E-state index is 3.83. The van der Waals surface area contributed by atoms with E-state index in [4.69, 9.17) is 0 Å². The molecular weight excluding hydrogens is 214 g/mol. The molecule has 1 N–H and O–H groups in total. The number of hydrogen-bond donors (Lipinski definition) is 1. The van der Waals surface area contributed by atoms with Crippen LogP contribution in [0.15, 0.2) is 11.8 Å². The SMILES string of the molecule is CC[Si](CC)(CC)NCC=C[Si](C)(C)C. The minimum absolute atomic E-state index is 0.989. The Labute approximate surface area is 98.5 Å². The summed E-state index contributed by atoms with van der Waals surface area (Å²) in [5.74, 6) is 0. The summed E-state index contributed by atoms with van der Waals surface area (Å²) in [7, 11) is -2.09. The Kier molecular flexibility index (Phi) is 6.72. The minimum atomic E-state index is -1.10. The van der Waals surface area contributed by atoms with E-state index in [0.29, 0.717) is 0 Å². The summed E-state index contributed by atoms with van der Waals surface area (Å²) in [6.07, 6.45) is 2.36. The van der Waals surface area contributed by atoms with Crippen molar-refractivity contribution in [2.45, 2.75) is 58.5 Å². The third-order valence-electron chi connectivity index (χ3n) is 3.24. The average molecular weight is 244 g/mol. The van der Waals surface area contributed by atoms with Crippen molar-refractivity contribution in [2.24, 2.45) is 0 Å². The van der Waals surface area contributed by atoms with Gasteiger partial charge >= 0.3 is 0 Å². The van der Waals surface area contributed by atoms with E-state index in [1.165, 1.54) is 18.1 Å². The molecule has 0 atom stereocenters. The lowest BCUT2D eigenvalue weighted by atomic mass is 10.7. The van der Waals surface area contributed by atoms with Crippen LogP contribution in [0.5, 0.6) is 0 Å². The van der Waals surface area contributed by atoms with Crippen molar-refractivity contribution in [3.63, 3.8) is 0 Å². The highest BCUT2D eigenvalue weighted by molar-refractivity contribution is 6.81. The van der Waals surface area contributed by atoms with Crippen molar-refractivity contribution < 1.29 is 0 Å². The van der Waals surface area contributed by atoms with Crippen LogP contribution in [-0.4, -0.2) is 22.9 Å². The molecule has 0 aliphatic carbocycles. The fourth-order valence-electron chi connectivity index (χ4n) is 1.81. The molecule has 0 amide bonds. The third-order valence-corrected chi connectivity index (χ3v) is 9.49. The Morgan fingerprint density at radius 3 is 1.73 bits per heavy atom. The summed E-state index contributed by atoms with van der Waals surface area (Å²) in [4.78, 5) is 3.83. The predicted octanol–water partition coefficient (Wildman–Crippen LogP) is 4.01. The number of hydrogen-bond acceptors (Lipinski definition) is 1. The van der Waals surface area contributed by atoms with E-state index in [2.05, 4.69) is 57.2 Å². The highest BCUT2D eigenvalue weighted by Gasteiger charge is 2.25. The van der Waals surface area contributed by atoms with Crippen molar-refractivity contribution in [1.29, 1.82) is 0 Å². The van der Waals surface area contributed by atoms with Gasteiger partial charge < -0.3 is 4.98 Å². The molecule has 0 bridgehead atoms. The molecule has 0 aliphatic heterocycles. The van der Waals surface area contributed by atoms with Gasteiger partial charge in [-0.1, -0.05) is 52.2 Å². The van der Waals surface area contributed by atoms with Gasteiger partial charge in [-0.25, -0.2) is 0 Å². The first-order valence-corrected chi connectivity index (χ1v) is 12.5. The fourth-order valence-corrected chi connectivity index (χ4v) is 5.44. The van der Waals surface area contributed by atoms with Gasteiger partial charge in [0.2, 0.25) is 0 Å². The van der Waals surface area contributed by atoms with E-state index in [1.54, 1.807) is 0 Å². The molecule has 0 heterocycles. The quantitative estimate of drug-likeness (QED) is 0.666. The number of rotatable bonds is 7. The Hall–Kier alpha value is 0.134. The van der Waals surface area contributed by atoms with Crippen molar-refractivity contribution in [2.75, 3.05) is 6.54 Å². The molecule has 0 fully saturated rings. The Balaban J connectivity index is 4.07. The highest BCUT2D eigenvalue weighted by Crippen LogP contribution is 2.16. The molecule has 3 heteroatoms. The van der Waals surface area contributed by atoms with E-state index >= 15 is 0 Å². The molecule has 0 aromatic carbocycles. The largest absolute Gasteiger partial charge is 0.334 e. The summed E-state index contributed by atoms with van der Waals surface area (Å²) < 4.78 is 0. The second-order valence-electron chi connectivity index (χ2n) is 5.49. The molecule has 0 unspecified atom stereocenters. The molecule has 90 valence electrons. The highest BCUT2D eigenvalue weighted by atomic mass is 28.3. The van der Waals surface area contributed by atoms with Gasteiger partial charge in [0, 0.05) is 6.54 Å².